The van der Waals surface area contributed by atoms with Gasteiger partial charge >= 0.3 is 17.6 Å². The molecule has 0 aromatic heterocycles. The first-order valence-electron chi connectivity index (χ1n) is 4.38. The first-order chi connectivity index (χ1) is 6.87. The van der Waals surface area contributed by atoms with Gasteiger partial charge in [-0.1, -0.05) is 13.8 Å². The van der Waals surface area contributed by atoms with Gasteiger partial charge < -0.3 is 0 Å². The Morgan fingerprint density at radius 3 is 1.38 bits per heavy atom. The van der Waals surface area contributed by atoms with Gasteiger partial charge in [0, 0.05) is 0 Å². The molecule has 0 aliphatic heterocycles. The number of rotatable bonds is 4. The molecule has 0 radical (unpaired) electrons. The Labute approximate surface area is 93.5 Å². The van der Waals surface area contributed by atoms with Crippen LogP contribution in [0.4, 0.5) is 30.7 Å². The van der Waals surface area contributed by atoms with Crippen molar-refractivity contribution in [1.82, 2.24) is 0 Å². The molecule has 0 bridgehead atoms. The fraction of sp³-hybridized carbons (Fsp3) is 1.00. The van der Waals surface area contributed by atoms with Crippen LogP contribution in [0.5, 0.6) is 0 Å². The van der Waals surface area contributed by atoms with Crippen molar-refractivity contribution in [3.8, 4) is 0 Å². The standard InChI is InChI=1S/C7H10ClF7Si/c1-3-16(8,4-2)7(14,15)5(9,10)6(11,12)13/h3-4H2,1-2H3. The van der Waals surface area contributed by atoms with E-state index in [0.29, 0.717) is 0 Å². The first-order valence-corrected chi connectivity index (χ1v) is 7.81. The molecule has 0 aromatic carbocycles. The van der Waals surface area contributed by atoms with Gasteiger partial charge in [-0.05, 0) is 12.1 Å². The van der Waals surface area contributed by atoms with Gasteiger partial charge in [0.25, 0.3) is 0 Å². The molecule has 0 saturated heterocycles. The second-order valence-corrected chi connectivity index (χ2v) is 9.46. The van der Waals surface area contributed by atoms with E-state index in [1.165, 1.54) is 0 Å². The Hall–Kier alpha value is 0.0169. The van der Waals surface area contributed by atoms with Crippen LogP contribution in [0, 0.1) is 0 Å². The lowest BCUT2D eigenvalue weighted by atomic mass is 10.3. The zero-order valence-electron chi connectivity index (χ0n) is 8.44. The third kappa shape index (κ3) is 2.18. The normalized spacial score (nSPS) is 15.4. The smallest absolute Gasteiger partial charge is 0.203 e. The third-order valence-corrected chi connectivity index (χ3v) is 8.43. The molecular formula is C7H10ClF7Si. The van der Waals surface area contributed by atoms with Crippen LogP contribution in [-0.2, 0) is 0 Å². The van der Waals surface area contributed by atoms with Crippen molar-refractivity contribution in [3.63, 3.8) is 0 Å². The summed E-state index contributed by atoms with van der Waals surface area (Å²) < 4.78 is 87.3. The van der Waals surface area contributed by atoms with Crippen molar-refractivity contribution in [2.45, 2.75) is 43.6 Å². The predicted octanol–water partition coefficient (Wildman–Crippen LogP) is 4.58. The van der Waals surface area contributed by atoms with E-state index in [1.807, 2.05) is 0 Å². The minimum Gasteiger partial charge on any atom is -0.203 e. The topological polar surface area (TPSA) is 0 Å². The molecule has 0 N–H and O–H groups in total. The highest BCUT2D eigenvalue weighted by Crippen LogP contribution is 2.53. The maximum atomic E-state index is 13.2. The number of hydrogen-bond acceptors (Lipinski definition) is 0. The summed E-state index contributed by atoms with van der Waals surface area (Å²) in [4.78, 5) is 0. The van der Waals surface area contributed by atoms with Crippen LogP contribution >= 0.6 is 11.1 Å². The number of hydrogen-bond donors (Lipinski definition) is 0. The van der Waals surface area contributed by atoms with E-state index in [9.17, 15) is 30.7 Å². The fourth-order valence-corrected chi connectivity index (χ4v) is 3.60. The molecule has 0 aliphatic rings. The van der Waals surface area contributed by atoms with Crippen molar-refractivity contribution in [2.24, 2.45) is 0 Å². The Morgan fingerprint density at radius 2 is 1.19 bits per heavy atom. The van der Waals surface area contributed by atoms with Crippen LogP contribution in [0.1, 0.15) is 13.8 Å². The molecule has 98 valence electrons. The maximum absolute atomic E-state index is 13.2. The second-order valence-electron chi connectivity index (χ2n) is 3.32. The molecule has 16 heavy (non-hydrogen) atoms. The summed E-state index contributed by atoms with van der Waals surface area (Å²) in [6.45, 7) is 2.17. The Kier molecular flexibility index (Phi) is 4.36. The van der Waals surface area contributed by atoms with Crippen LogP contribution in [-0.4, -0.2) is 25.0 Å². The van der Waals surface area contributed by atoms with Crippen molar-refractivity contribution in [1.29, 1.82) is 0 Å². The van der Waals surface area contributed by atoms with Crippen molar-refractivity contribution in [3.05, 3.63) is 0 Å². The van der Waals surface area contributed by atoms with E-state index >= 15 is 0 Å². The number of alkyl halides is 7. The summed E-state index contributed by atoms with van der Waals surface area (Å²) in [6.07, 6.45) is -6.30. The van der Waals surface area contributed by atoms with E-state index < -0.39 is 37.1 Å². The molecule has 0 unspecified atom stereocenters. The largest absolute Gasteiger partial charge is 0.459 e. The van der Waals surface area contributed by atoms with Crippen LogP contribution in [0.15, 0.2) is 0 Å². The zero-order chi connectivity index (χ0) is 13.4. The van der Waals surface area contributed by atoms with E-state index in [4.69, 9.17) is 11.1 Å². The average molecular weight is 291 g/mol. The molecule has 0 spiro atoms. The first kappa shape index (κ1) is 16.0. The van der Waals surface area contributed by atoms with Crippen molar-refractivity contribution >= 4 is 18.5 Å². The Balaban J connectivity index is 5.51. The summed E-state index contributed by atoms with van der Waals surface area (Å²) in [5.41, 5.74) is -5.22. The van der Waals surface area contributed by atoms with E-state index in [2.05, 4.69) is 0 Å². The minimum atomic E-state index is -6.30. The zero-order valence-corrected chi connectivity index (χ0v) is 10.2. The van der Waals surface area contributed by atoms with Gasteiger partial charge in [-0.25, -0.2) is 8.78 Å². The summed E-state index contributed by atoms with van der Waals surface area (Å²) in [5, 5.41) is 0. The summed E-state index contributed by atoms with van der Waals surface area (Å²) >= 11 is 5.30. The molecular weight excluding hydrogens is 281 g/mol. The molecule has 0 atom stereocenters. The monoisotopic (exact) mass is 290 g/mol. The van der Waals surface area contributed by atoms with Crippen LogP contribution in [0.2, 0.25) is 12.1 Å². The van der Waals surface area contributed by atoms with Gasteiger partial charge in [0.15, 0.2) is 0 Å². The lowest BCUT2D eigenvalue weighted by Gasteiger charge is -2.37. The minimum absolute atomic E-state index is 0.566. The van der Waals surface area contributed by atoms with Crippen molar-refractivity contribution in [2.75, 3.05) is 0 Å². The van der Waals surface area contributed by atoms with Gasteiger partial charge in [0.05, 0.1) is 0 Å². The highest BCUT2D eigenvalue weighted by molar-refractivity contribution is 7.21. The van der Waals surface area contributed by atoms with Crippen LogP contribution in [0.25, 0.3) is 0 Å². The lowest BCUT2D eigenvalue weighted by Crippen LogP contribution is -2.64. The number of halogens is 8. The predicted molar refractivity (Wildman–Crippen MR) is 48.5 cm³/mol. The highest BCUT2D eigenvalue weighted by atomic mass is 35.6. The van der Waals surface area contributed by atoms with Gasteiger partial charge in [0.2, 0.25) is 7.38 Å². The Morgan fingerprint density at radius 1 is 0.875 bits per heavy atom. The SMILES string of the molecule is CC[Si](Cl)(CC)C(F)(F)C(F)(F)C(F)(F)F. The molecule has 0 heterocycles. The summed E-state index contributed by atoms with van der Waals surface area (Å²) in [5.74, 6) is -6.08. The van der Waals surface area contributed by atoms with Gasteiger partial charge in [0.1, 0.15) is 0 Å². The van der Waals surface area contributed by atoms with Crippen molar-refractivity contribution < 1.29 is 30.7 Å². The second kappa shape index (κ2) is 4.36. The highest BCUT2D eigenvalue weighted by Gasteiger charge is 2.79. The molecule has 9 heteroatoms. The molecule has 0 saturated carbocycles. The molecule has 0 fully saturated rings. The third-order valence-electron chi connectivity index (χ3n) is 2.43. The average Bonchev–Trinajstić information content (AvgIpc) is 2.14. The molecule has 0 rings (SSSR count). The van der Waals surface area contributed by atoms with Crippen LogP contribution < -0.4 is 0 Å². The lowest BCUT2D eigenvalue weighted by molar-refractivity contribution is -0.335. The van der Waals surface area contributed by atoms with Gasteiger partial charge in [-0.15, -0.1) is 0 Å². The molecule has 0 amide bonds. The van der Waals surface area contributed by atoms with E-state index in [-0.39, 0.29) is 0 Å². The van der Waals surface area contributed by atoms with Crippen LogP contribution in [0.3, 0.4) is 0 Å². The molecule has 0 aliphatic carbocycles. The van der Waals surface area contributed by atoms with Gasteiger partial charge in [-0.3, -0.25) is 0 Å². The summed E-state index contributed by atoms with van der Waals surface area (Å²) in [7, 11) is -4.50. The Bertz CT molecular complexity index is 246. The molecule has 0 nitrogen and oxygen atoms in total. The van der Waals surface area contributed by atoms with E-state index in [0.717, 1.165) is 13.8 Å². The quantitative estimate of drug-likeness (QED) is 0.404. The maximum Gasteiger partial charge on any atom is 0.459 e. The van der Waals surface area contributed by atoms with E-state index in [1.54, 1.807) is 0 Å². The summed E-state index contributed by atoms with van der Waals surface area (Å²) in [6, 6.07) is -1.13. The molecule has 0 aromatic rings. The van der Waals surface area contributed by atoms with Gasteiger partial charge in [-0.2, -0.15) is 33.0 Å². The fourth-order valence-electron chi connectivity index (χ4n) is 1.15.